The standard InChI is InChI=1S/C29H34F3N5O2/c1-3-36(4-2)28(38)26-9-8-24(19-35-26)33-13-5-6-25-17-22-16-21(18-34-23-11-14-39-15-12-23)7-10-27(22)37(25)20-29(30,31)32/h7-10,16-17,19,23,33-34H,3-4,11-15,18,20H2,1-2H3. The first-order valence-electron chi connectivity index (χ1n) is 13.3. The van der Waals surface area contributed by atoms with Gasteiger partial charge in [-0.2, -0.15) is 13.2 Å². The Morgan fingerprint density at radius 2 is 1.92 bits per heavy atom. The van der Waals surface area contributed by atoms with E-state index in [1.165, 1.54) is 4.57 Å². The van der Waals surface area contributed by atoms with E-state index < -0.39 is 12.7 Å². The number of rotatable bonds is 9. The van der Waals surface area contributed by atoms with Gasteiger partial charge in [0.05, 0.1) is 24.1 Å². The molecule has 3 heterocycles. The Labute approximate surface area is 226 Å². The Bertz CT molecular complexity index is 1310. The van der Waals surface area contributed by atoms with Gasteiger partial charge in [-0.1, -0.05) is 12.0 Å². The molecule has 0 atom stereocenters. The molecule has 0 spiro atoms. The lowest BCUT2D eigenvalue weighted by Crippen LogP contribution is -2.34. The number of fused-ring (bicyclic) bond motifs is 1. The Balaban J connectivity index is 1.45. The van der Waals surface area contributed by atoms with E-state index in [0.29, 0.717) is 48.3 Å². The van der Waals surface area contributed by atoms with Gasteiger partial charge in [-0.25, -0.2) is 4.98 Å². The smallest absolute Gasteiger partial charge is 0.381 e. The van der Waals surface area contributed by atoms with Crippen LogP contribution in [0.15, 0.2) is 42.6 Å². The summed E-state index contributed by atoms with van der Waals surface area (Å²) in [5.41, 5.74) is 2.83. The number of benzene rings is 1. The van der Waals surface area contributed by atoms with E-state index in [1.54, 1.807) is 35.4 Å². The number of carbonyl (C=O) groups is 1. The highest BCUT2D eigenvalue weighted by Gasteiger charge is 2.29. The van der Waals surface area contributed by atoms with Crippen LogP contribution in [0.4, 0.5) is 18.9 Å². The SMILES string of the molecule is CCN(CC)C(=O)c1ccc(NCC#Cc2cc3cc(CNC4CCOCC4)ccc3n2CC(F)(F)F)cn1. The van der Waals surface area contributed by atoms with Crippen molar-refractivity contribution in [1.82, 2.24) is 19.8 Å². The molecule has 0 unspecified atom stereocenters. The van der Waals surface area contributed by atoms with Crippen LogP contribution in [-0.4, -0.2) is 65.4 Å². The molecule has 1 aromatic carbocycles. The lowest BCUT2D eigenvalue weighted by Gasteiger charge is -2.23. The third-order valence-electron chi connectivity index (χ3n) is 6.75. The van der Waals surface area contributed by atoms with E-state index in [1.807, 2.05) is 26.0 Å². The number of nitrogens with zero attached hydrogens (tertiary/aromatic N) is 3. The molecule has 39 heavy (non-hydrogen) atoms. The lowest BCUT2D eigenvalue weighted by atomic mass is 10.1. The van der Waals surface area contributed by atoms with Crippen LogP contribution >= 0.6 is 0 Å². The van der Waals surface area contributed by atoms with Gasteiger partial charge in [0.1, 0.15) is 12.2 Å². The predicted molar refractivity (Wildman–Crippen MR) is 146 cm³/mol. The number of amides is 1. The van der Waals surface area contributed by atoms with Crippen LogP contribution in [0.2, 0.25) is 0 Å². The monoisotopic (exact) mass is 541 g/mol. The van der Waals surface area contributed by atoms with Gasteiger partial charge in [-0.15, -0.1) is 0 Å². The first kappa shape index (κ1) is 28.5. The molecule has 0 saturated carbocycles. The Hall–Kier alpha value is -3.55. The number of hydrogen-bond acceptors (Lipinski definition) is 5. The molecule has 1 saturated heterocycles. The van der Waals surface area contributed by atoms with E-state index >= 15 is 0 Å². The summed E-state index contributed by atoms with van der Waals surface area (Å²) < 4.78 is 46.8. The van der Waals surface area contributed by atoms with Crippen molar-refractivity contribution in [1.29, 1.82) is 0 Å². The van der Waals surface area contributed by atoms with E-state index in [9.17, 15) is 18.0 Å². The molecular weight excluding hydrogens is 507 g/mol. The van der Waals surface area contributed by atoms with Crippen LogP contribution in [0.1, 0.15) is 48.4 Å². The molecule has 0 aliphatic carbocycles. The maximum atomic E-state index is 13.4. The van der Waals surface area contributed by atoms with Crippen molar-refractivity contribution >= 4 is 22.5 Å². The molecule has 3 aromatic rings. The molecule has 0 bridgehead atoms. The minimum Gasteiger partial charge on any atom is -0.381 e. The lowest BCUT2D eigenvalue weighted by molar-refractivity contribution is -0.140. The number of alkyl halides is 3. The van der Waals surface area contributed by atoms with E-state index in [0.717, 1.165) is 37.0 Å². The average Bonchev–Trinajstić information content (AvgIpc) is 3.26. The normalized spacial score (nSPS) is 14.2. The zero-order valence-electron chi connectivity index (χ0n) is 22.3. The van der Waals surface area contributed by atoms with E-state index in [4.69, 9.17) is 4.74 Å². The summed E-state index contributed by atoms with van der Waals surface area (Å²) in [6.45, 7) is 6.25. The van der Waals surface area contributed by atoms with Crippen LogP contribution in [0, 0.1) is 11.8 Å². The molecule has 1 fully saturated rings. The average molecular weight is 542 g/mol. The molecule has 0 radical (unpaired) electrons. The van der Waals surface area contributed by atoms with Crippen molar-refractivity contribution < 1.29 is 22.7 Å². The van der Waals surface area contributed by atoms with Gasteiger partial charge >= 0.3 is 6.18 Å². The largest absolute Gasteiger partial charge is 0.406 e. The highest BCUT2D eigenvalue weighted by atomic mass is 19.4. The molecular formula is C29H34F3N5O2. The minimum atomic E-state index is -4.38. The van der Waals surface area contributed by atoms with E-state index in [2.05, 4.69) is 27.5 Å². The van der Waals surface area contributed by atoms with Crippen molar-refractivity contribution in [2.75, 3.05) is 38.2 Å². The number of pyridine rings is 1. The Morgan fingerprint density at radius 3 is 2.59 bits per heavy atom. The fraction of sp³-hybridized carbons (Fsp3) is 0.448. The molecule has 1 aliphatic rings. The third-order valence-corrected chi connectivity index (χ3v) is 6.75. The van der Waals surface area contributed by atoms with Gasteiger partial charge in [0.2, 0.25) is 0 Å². The molecule has 2 N–H and O–H groups in total. The van der Waals surface area contributed by atoms with Gasteiger partial charge in [-0.05, 0) is 68.5 Å². The summed E-state index contributed by atoms with van der Waals surface area (Å²) in [4.78, 5) is 18.3. The number of nitrogens with one attached hydrogen (secondary N) is 2. The van der Waals surface area contributed by atoms with Gasteiger partial charge in [0.25, 0.3) is 5.91 Å². The molecule has 208 valence electrons. The highest BCUT2D eigenvalue weighted by Crippen LogP contribution is 2.26. The summed E-state index contributed by atoms with van der Waals surface area (Å²) in [5, 5.41) is 7.32. The second-order valence-electron chi connectivity index (χ2n) is 9.46. The third kappa shape index (κ3) is 7.74. The van der Waals surface area contributed by atoms with Crippen LogP contribution < -0.4 is 10.6 Å². The van der Waals surface area contributed by atoms with Gasteiger partial charge < -0.3 is 24.8 Å². The van der Waals surface area contributed by atoms with Gasteiger partial charge in [0.15, 0.2) is 0 Å². The van der Waals surface area contributed by atoms with Crippen LogP contribution in [0.3, 0.4) is 0 Å². The molecule has 1 aliphatic heterocycles. The number of hydrogen-bond donors (Lipinski definition) is 2. The molecule has 4 rings (SSSR count). The first-order chi connectivity index (χ1) is 18.8. The Kier molecular flexibility index (Phi) is 9.49. The van der Waals surface area contributed by atoms with Crippen molar-refractivity contribution in [2.24, 2.45) is 0 Å². The van der Waals surface area contributed by atoms with Crippen molar-refractivity contribution in [3.63, 3.8) is 0 Å². The molecule has 1 amide bonds. The summed E-state index contributed by atoms with van der Waals surface area (Å²) >= 11 is 0. The fourth-order valence-corrected chi connectivity index (χ4v) is 4.63. The topological polar surface area (TPSA) is 71.4 Å². The van der Waals surface area contributed by atoms with Crippen molar-refractivity contribution in [3.8, 4) is 11.8 Å². The maximum absolute atomic E-state index is 13.4. The molecule has 2 aromatic heterocycles. The second-order valence-corrected chi connectivity index (χ2v) is 9.46. The molecule has 7 nitrogen and oxygen atoms in total. The summed E-state index contributed by atoms with van der Waals surface area (Å²) in [6, 6.07) is 11.0. The number of carbonyl (C=O) groups excluding carboxylic acids is 1. The minimum absolute atomic E-state index is 0.133. The number of halogens is 3. The van der Waals surface area contributed by atoms with Gasteiger partial charge in [-0.3, -0.25) is 4.79 Å². The highest BCUT2D eigenvalue weighted by molar-refractivity contribution is 5.92. The van der Waals surface area contributed by atoms with Crippen molar-refractivity contribution in [3.05, 3.63) is 59.5 Å². The number of ether oxygens (including phenoxy) is 1. The van der Waals surface area contributed by atoms with Crippen LogP contribution in [0.25, 0.3) is 10.9 Å². The molecule has 10 heteroatoms. The van der Waals surface area contributed by atoms with E-state index in [-0.39, 0.29) is 12.5 Å². The van der Waals surface area contributed by atoms with Crippen molar-refractivity contribution in [2.45, 2.75) is 52.0 Å². The predicted octanol–water partition coefficient (Wildman–Crippen LogP) is 4.81. The summed E-state index contributed by atoms with van der Waals surface area (Å²) in [7, 11) is 0. The summed E-state index contributed by atoms with van der Waals surface area (Å²) in [6.07, 6.45) is -0.923. The zero-order valence-corrected chi connectivity index (χ0v) is 22.3. The maximum Gasteiger partial charge on any atom is 0.406 e. The number of aromatic nitrogens is 2. The quantitative estimate of drug-likeness (QED) is 0.381. The summed E-state index contributed by atoms with van der Waals surface area (Å²) in [5.74, 6) is 5.68. The van der Waals surface area contributed by atoms with Gasteiger partial charge in [0, 0.05) is 49.8 Å². The second kappa shape index (κ2) is 13.0. The zero-order chi connectivity index (χ0) is 27.8. The first-order valence-corrected chi connectivity index (χ1v) is 13.3. The van der Waals surface area contributed by atoms with Crippen LogP contribution in [-0.2, 0) is 17.8 Å². The Morgan fingerprint density at radius 1 is 1.15 bits per heavy atom. The fourth-order valence-electron chi connectivity index (χ4n) is 4.63. The number of anilines is 1. The van der Waals surface area contributed by atoms with Crippen LogP contribution in [0.5, 0.6) is 0 Å².